The van der Waals surface area contributed by atoms with E-state index in [1.807, 2.05) is 0 Å². The molecule has 0 bridgehead atoms. The number of rotatable bonds is 7. The molecule has 0 aromatic heterocycles. The van der Waals surface area contributed by atoms with E-state index in [4.69, 9.17) is 4.74 Å². The lowest BCUT2D eigenvalue weighted by molar-refractivity contribution is 0.111. The first kappa shape index (κ1) is 15.5. The van der Waals surface area contributed by atoms with Gasteiger partial charge in [0, 0.05) is 11.8 Å². The zero-order valence-corrected chi connectivity index (χ0v) is 11.8. The smallest absolute Gasteiger partial charge is 0.124 e. The number of aliphatic hydroxyl groups is 1. The molecule has 0 amide bonds. The third kappa shape index (κ3) is 4.56. The van der Waals surface area contributed by atoms with E-state index in [1.54, 1.807) is 31.5 Å². The zero-order chi connectivity index (χ0) is 14.3. The van der Waals surface area contributed by atoms with Crippen LogP contribution in [0.1, 0.15) is 32.3 Å². The number of aromatic hydroxyl groups is 1. The minimum atomic E-state index is -0.431. The summed E-state index contributed by atoms with van der Waals surface area (Å²) in [7, 11) is 1.57. The molecule has 4 heteroatoms. The van der Waals surface area contributed by atoms with E-state index in [1.165, 1.54) is 0 Å². The maximum absolute atomic E-state index is 9.96. The van der Waals surface area contributed by atoms with Crippen molar-refractivity contribution in [2.24, 2.45) is 10.9 Å². The van der Waals surface area contributed by atoms with Crippen LogP contribution in [-0.4, -0.2) is 36.2 Å². The summed E-state index contributed by atoms with van der Waals surface area (Å²) in [6.07, 6.45) is 3.03. The van der Waals surface area contributed by atoms with Gasteiger partial charge in [0.05, 0.1) is 19.8 Å². The molecule has 0 aliphatic heterocycles. The molecule has 2 N–H and O–H groups in total. The van der Waals surface area contributed by atoms with Crippen molar-refractivity contribution >= 4 is 6.21 Å². The Balaban J connectivity index is 2.66. The Hall–Kier alpha value is -1.55. The summed E-state index contributed by atoms with van der Waals surface area (Å²) in [5.41, 5.74) is 0.594. The highest BCUT2D eigenvalue weighted by Crippen LogP contribution is 2.21. The lowest BCUT2D eigenvalue weighted by atomic mass is 9.97. The normalized spacial score (nSPS) is 13.1. The van der Waals surface area contributed by atoms with Crippen LogP contribution in [0.3, 0.4) is 0 Å². The van der Waals surface area contributed by atoms with Gasteiger partial charge in [-0.05, 0) is 24.1 Å². The third-order valence-corrected chi connectivity index (χ3v) is 3.35. The average Bonchev–Trinajstić information content (AvgIpc) is 2.42. The van der Waals surface area contributed by atoms with Crippen LogP contribution < -0.4 is 4.74 Å². The van der Waals surface area contributed by atoms with Crippen molar-refractivity contribution in [3.8, 4) is 11.5 Å². The van der Waals surface area contributed by atoms with Crippen LogP contribution in [0.25, 0.3) is 0 Å². The standard InChI is InChI=1S/C15H23NO3/c1-4-11(5-2)15(18)10-16-9-12-8-13(19-3)6-7-14(12)17/h6-9,11,15,17-18H,4-5,10H2,1-3H3. The van der Waals surface area contributed by atoms with Gasteiger partial charge in [0.15, 0.2) is 0 Å². The molecular weight excluding hydrogens is 242 g/mol. The Labute approximate surface area is 114 Å². The monoisotopic (exact) mass is 265 g/mol. The Morgan fingerprint density at radius 1 is 1.32 bits per heavy atom. The molecule has 1 rings (SSSR count). The van der Waals surface area contributed by atoms with Gasteiger partial charge in [0.1, 0.15) is 11.5 Å². The number of phenols is 1. The van der Waals surface area contributed by atoms with Gasteiger partial charge in [-0.3, -0.25) is 4.99 Å². The Bertz CT molecular complexity index is 414. The lowest BCUT2D eigenvalue weighted by Gasteiger charge is -2.17. The molecule has 0 saturated heterocycles. The molecule has 1 aromatic rings. The van der Waals surface area contributed by atoms with Crippen molar-refractivity contribution in [2.75, 3.05) is 13.7 Å². The Morgan fingerprint density at radius 3 is 2.58 bits per heavy atom. The van der Waals surface area contributed by atoms with Crippen molar-refractivity contribution < 1.29 is 14.9 Å². The molecule has 106 valence electrons. The summed E-state index contributed by atoms with van der Waals surface area (Å²) in [5, 5.41) is 19.6. The molecule has 0 heterocycles. The number of nitrogens with zero attached hydrogens (tertiary/aromatic N) is 1. The topological polar surface area (TPSA) is 62.1 Å². The van der Waals surface area contributed by atoms with Crippen LogP contribution in [-0.2, 0) is 0 Å². The largest absolute Gasteiger partial charge is 0.507 e. The van der Waals surface area contributed by atoms with Crippen LogP contribution in [0.15, 0.2) is 23.2 Å². The second-order valence-electron chi connectivity index (χ2n) is 4.56. The van der Waals surface area contributed by atoms with Crippen LogP contribution in [0, 0.1) is 5.92 Å². The van der Waals surface area contributed by atoms with Crippen molar-refractivity contribution in [2.45, 2.75) is 32.8 Å². The Morgan fingerprint density at radius 2 is 2.00 bits per heavy atom. The van der Waals surface area contributed by atoms with Gasteiger partial charge < -0.3 is 14.9 Å². The van der Waals surface area contributed by atoms with Crippen LogP contribution in [0.4, 0.5) is 0 Å². The summed E-state index contributed by atoms with van der Waals surface area (Å²) in [6, 6.07) is 4.96. The Kier molecular flexibility index (Phi) is 6.36. The molecule has 0 saturated carbocycles. The van der Waals surface area contributed by atoms with E-state index in [2.05, 4.69) is 18.8 Å². The predicted octanol–water partition coefficient (Wildman–Crippen LogP) is 2.62. The summed E-state index contributed by atoms with van der Waals surface area (Å²) in [4.78, 5) is 4.20. The first-order valence-corrected chi connectivity index (χ1v) is 6.67. The average molecular weight is 265 g/mol. The van der Waals surface area contributed by atoms with Gasteiger partial charge in [-0.2, -0.15) is 0 Å². The number of phenolic OH excluding ortho intramolecular Hbond substituents is 1. The second kappa shape index (κ2) is 7.79. The molecule has 1 aromatic carbocycles. The summed E-state index contributed by atoms with van der Waals surface area (Å²) >= 11 is 0. The van der Waals surface area contributed by atoms with Gasteiger partial charge in [0.2, 0.25) is 0 Å². The molecule has 19 heavy (non-hydrogen) atoms. The van der Waals surface area contributed by atoms with Crippen molar-refractivity contribution in [1.82, 2.24) is 0 Å². The fourth-order valence-corrected chi connectivity index (χ4v) is 2.00. The first-order valence-electron chi connectivity index (χ1n) is 6.67. The highest BCUT2D eigenvalue weighted by molar-refractivity contribution is 5.84. The SMILES string of the molecule is CCC(CC)C(O)CN=Cc1cc(OC)ccc1O. The number of methoxy groups -OCH3 is 1. The highest BCUT2D eigenvalue weighted by Gasteiger charge is 2.14. The van der Waals surface area contributed by atoms with Crippen molar-refractivity contribution in [1.29, 1.82) is 0 Å². The molecule has 0 aliphatic rings. The van der Waals surface area contributed by atoms with Gasteiger partial charge >= 0.3 is 0 Å². The molecular formula is C15H23NO3. The van der Waals surface area contributed by atoms with Gasteiger partial charge in [-0.25, -0.2) is 0 Å². The van der Waals surface area contributed by atoms with Crippen molar-refractivity contribution in [3.63, 3.8) is 0 Å². The van der Waals surface area contributed by atoms with E-state index >= 15 is 0 Å². The molecule has 0 spiro atoms. The minimum Gasteiger partial charge on any atom is -0.507 e. The fourth-order valence-electron chi connectivity index (χ4n) is 2.00. The number of aliphatic imine (C=N–C) groups is 1. The number of hydrogen-bond acceptors (Lipinski definition) is 4. The summed E-state index contributed by atoms with van der Waals surface area (Å²) in [6.45, 7) is 4.48. The van der Waals surface area contributed by atoms with Gasteiger partial charge in [-0.15, -0.1) is 0 Å². The third-order valence-electron chi connectivity index (χ3n) is 3.35. The summed E-state index contributed by atoms with van der Waals surface area (Å²) < 4.78 is 5.09. The number of hydrogen-bond donors (Lipinski definition) is 2. The van der Waals surface area contributed by atoms with E-state index < -0.39 is 6.10 Å². The number of ether oxygens (including phenoxy) is 1. The minimum absolute atomic E-state index is 0.154. The zero-order valence-electron chi connectivity index (χ0n) is 11.8. The quantitative estimate of drug-likeness (QED) is 0.745. The molecule has 4 nitrogen and oxygen atoms in total. The van der Waals surface area contributed by atoms with Gasteiger partial charge in [-0.1, -0.05) is 26.7 Å². The number of benzene rings is 1. The maximum Gasteiger partial charge on any atom is 0.124 e. The maximum atomic E-state index is 9.96. The summed E-state index contributed by atoms with van der Waals surface area (Å²) in [5.74, 6) is 1.09. The first-order chi connectivity index (χ1) is 9.12. The van der Waals surface area contributed by atoms with Crippen LogP contribution in [0.2, 0.25) is 0 Å². The number of aliphatic hydroxyl groups excluding tert-OH is 1. The lowest BCUT2D eigenvalue weighted by Crippen LogP contribution is -2.22. The molecule has 0 fully saturated rings. The van der Waals surface area contributed by atoms with Crippen molar-refractivity contribution in [3.05, 3.63) is 23.8 Å². The second-order valence-corrected chi connectivity index (χ2v) is 4.56. The predicted molar refractivity (Wildman–Crippen MR) is 77.2 cm³/mol. The molecule has 0 radical (unpaired) electrons. The van der Waals surface area contributed by atoms with E-state index in [0.717, 1.165) is 12.8 Å². The molecule has 0 aliphatic carbocycles. The molecule has 1 atom stereocenters. The molecule has 1 unspecified atom stereocenters. The van der Waals surface area contributed by atoms with E-state index in [9.17, 15) is 10.2 Å². The fraction of sp³-hybridized carbons (Fsp3) is 0.533. The van der Waals surface area contributed by atoms with E-state index in [-0.39, 0.29) is 11.7 Å². The van der Waals surface area contributed by atoms with Gasteiger partial charge in [0.25, 0.3) is 0 Å². The van der Waals surface area contributed by atoms with Crippen LogP contribution in [0.5, 0.6) is 11.5 Å². The van der Waals surface area contributed by atoms with E-state index in [0.29, 0.717) is 17.9 Å². The van der Waals surface area contributed by atoms with Crippen LogP contribution >= 0.6 is 0 Å². The highest BCUT2D eigenvalue weighted by atomic mass is 16.5.